The molecule has 1 aromatic rings. The van der Waals surface area contributed by atoms with E-state index in [1.54, 1.807) is 0 Å². The Labute approximate surface area is 109 Å². The van der Waals surface area contributed by atoms with Gasteiger partial charge in [0.2, 0.25) is 0 Å². The van der Waals surface area contributed by atoms with Crippen molar-refractivity contribution in [2.45, 2.75) is 30.6 Å². The molecule has 1 aliphatic carbocycles. The zero-order valence-corrected chi connectivity index (χ0v) is 11.0. The molecule has 0 atom stereocenters. The highest BCUT2D eigenvalue weighted by molar-refractivity contribution is 8.13. The summed E-state index contributed by atoms with van der Waals surface area (Å²) in [6.45, 7) is 0. The van der Waals surface area contributed by atoms with E-state index in [1.165, 1.54) is 6.07 Å². The molecule has 0 aliphatic heterocycles. The lowest BCUT2D eigenvalue weighted by Crippen LogP contribution is -2.03. The van der Waals surface area contributed by atoms with E-state index in [0.717, 1.165) is 30.9 Å². The van der Waals surface area contributed by atoms with Gasteiger partial charge in [-0.3, -0.25) is 0 Å². The predicted octanol–water partition coefficient (Wildman–Crippen LogP) is 3.85. The molecule has 2 rings (SSSR count). The van der Waals surface area contributed by atoms with Crippen LogP contribution in [0.2, 0.25) is 0 Å². The molecule has 0 radical (unpaired) electrons. The van der Waals surface area contributed by atoms with Crippen molar-refractivity contribution in [1.82, 2.24) is 0 Å². The van der Waals surface area contributed by atoms with Crippen LogP contribution in [0.25, 0.3) is 5.57 Å². The van der Waals surface area contributed by atoms with Crippen LogP contribution in [0.1, 0.15) is 31.2 Å². The van der Waals surface area contributed by atoms with Crippen molar-refractivity contribution in [3.63, 3.8) is 0 Å². The third kappa shape index (κ3) is 2.57. The molecule has 0 spiro atoms. The summed E-state index contributed by atoms with van der Waals surface area (Å²) in [7, 11) is 0.759. The summed E-state index contributed by atoms with van der Waals surface area (Å²) in [4.78, 5) is -0.818. The first kappa shape index (κ1) is 13.5. The van der Waals surface area contributed by atoms with Crippen molar-refractivity contribution in [2.75, 3.05) is 0 Å². The molecule has 6 heteroatoms. The Morgan fingerprint density at radius 3 is 2.39 bits per heavy atom. The molecule has 0 N–H and O–H groups in total. The summed E-state index contributed by atoms with van der Waals surface area (Å²) in [5, 5.41) is 0. The summed E-state index contributed by atoms with van der Waals surface area (Å²) in [6, 6.07) is 2.27. The Kier molecular flexibility index (Phi) is 3.73. The third-order valence-electron chi connectivity index (χ3n) is 2.95. The molecule has 18 heavy (non-hydrogen) atoms. The highest BCUT2D eigenvalue weighted by atomic mass is 35.7. The average Bonchev–Trinajstić information content (AvgIpc) is 2.32. The van der Waals surface area contributed by atoms with E-state index in [4.69, 9.17) is 10.7 Å². The molecule has 0 aromatic heterocycles. The number of benzene rings is 1. The van der Waals surface area contributed by atoms with Crippen molar-refractivity contribution in [3.05, 3.63) is 35.4 Å². The van der Waals surface area contributed by atoms with Crippen LogP contribution in [0.5, 0.6) is 0 Å². The van der Waals surface area contributed by atoms with Gasteiger partial charge in [-0.05, 0) is 37.3 Å². The lowest BCUT2D eigenvalue weighted by atomic mass is 9.93. The quantitative estimate of drug-likeness (QED) is 0.776. The SMILES string of the molecule is O=S(=O)(Cl)c1ccc(C2=CCCCC2)c(F)c1F. The van der Waals surface area contributed by atoms with E-state index < -0.39 is 25.6 Å². The summed E-state index contributed by atoms with van der Waals surface area (Å²) in [6.07, 6.45) is 5.30. The molecule has 0 amide bonds. The minimum absolute atomic E-state index is 0.122. The molecule has 0 bridgehead atoms. The Balaban J connectivity index is 2.54. The highest BCUT2D eigenvalue weighted by Gasteiger charge is 2.23. The van der Waals surface area contributed by atoms with Crippen molar-refractivity contribution < 1.29 is 17.2 Å². The summed E-state index contributed by atoms with van der Waals surface area (Å²) >= 11 is 0. The van der Waals surface area contributed by atoms with Crippen LogP contribution in [0, 0.1) is 11.6 Å². The summed E-state index contributed by atoms with van der Waals surface area (Å²) in [5.74, 6) is -2.56. The monoisotopic (exact) mass is 292 g/mol. The molecular formula is C12H11ClF2O2S. The van der Waals surface area contributed by atoms with Crippen LogP contribution in [0.15, 0.2) is 23.1 Å². The largest absolute Gasteiger partial charge is 0.264 e. The predicted molar refractivity (Wildman–Crippen MR) is 65.8 cm³/mol. The van der Waals surface area contributed by atoms with Crippen LogP contribution in [-0.2, 0) is 9.05 Å². The minimum atomic E-state index is -4.27. The van der Waals surface area contributed by atoms with Gasteiger partial charge in [-0.25, -0.2) is 17.2 Å². The highest BCUT2D eigenvalue weighted by Crippen LogP contribution is 2.32. The van der Waals surface area contributed by atoms with Gasteiger partial charge in [-0.15, -0.1) is 0 Å². The number of hydrogen-bond acceptors (Lipinski definition) is 2. The first-order chi connectivity index (χ1) is 8.41. The molecule has 0 fully saturated rings. The third-order valence-corrected chi connectivity index (χ3v) is 4.29. The van der Waals surface area contributed by atoms with E-state index in [0.29, 0.717) is 6.42 Å². The van der Waals surface area contributed by atoms with Crippen LogP contribution in [0.4, 0.5) is 8.78 Å². The maximum absolute atomic E-state index is 13.8. The fourth-order valence-corrected chi connectivity index (χ4v) is 2.94. The van der Waals surface area contributed by atoms with Gasteiger partial charge in [0, 0.05) is 16.2 Å². The molecule has 0 saturated heterocycles. The molecule has 1 aromatic carbocycles. The summed E-state index contributed by atoms with van der Waals surface area (Å²) < 4.78 is 49.6. The number of hydrogen-bond donors (Lipinski definition) is 0. The van der Waals surface area contributed by atoms with Crippen LogP contribution in [-0.4, -0.2) is 8.42 Å². The number of allylic oxidation sites excluding steroid dienone is 2. The Morgan fingerprint density at radius 2 is 1.83 bits per heavy atom. The molecule has 0 unspecified atom stereocenters. The minimum Gasteiger partial charge on any atom is -0.207 e. The van der Waals surface area contributed by atoms with Gasteiger partial charge < -0.3 is 0 Å². The van der Waals surface area contributed by atoms with E-state index in [2.05, 4.69) is 0 Å². The van der Waals surface area contributed by atoms with Crippen LogP contribution < -0.4 is 0 Å². The zero-order valence-electron chi connectivity index (χ0n) is 9.42. The molecule has 1 aliphatic rings. The maximum atomic E-state index is 13.8. The van der Waals surface area contributed by atoms with Gasteiger partial charge in [0.1, 0.15) is 4.90 Å². The van der Waals surface area contributed by atoms with Crippen molar-refractivity contribution in [3.8, 4) is 0 Å². The smallest absolute Gasteiger partial charge is 0.207 e. The molecule has 0 heterocycles. The Bertz CT molecular complexity index is 609. The van der Waals surface area contributed by atoms with E-state index >= 15 is 0 Å². The van der Waals surface area contributed by atoms with Crippen molar-refractivity contribution >= 4 is 25.3 Å². The summed E-state index contributed by atoms with van der Waals surface area (Å²) in [5.41, 5.74) is 0.840. The standard InChI is InChI=1S/C12H11ClF2O2S/c13-18(16,17)10-7-6-9(11(14)12(10)15)8-4-2-1-3-5-8/h4,6-7H,1-3,5H2. The first-order valence-electron chi connectivity index (χ1n) is 5.53. The van der Waals surface area contributed by atoms with Gasteiger partial charge in [0.05, 0.1) is 0 Å². The van der Waals surface area contributed by atoms with Crippen molar-refractivity contribution in [2.24, 2.45) is 0 Å². The van der Waals surface area contributed by atoms with Gasteiger partial charge in [-0.1, -0.05) is 12.1 Å². The molecular weight excluding hydrogens is 282 g/mol. The fraction of sp³-hybridized carbons (Fsp3) is 0.333. The normalized spacial score (nSPS) is 16.5. The first-order valence-corrected chi connectivity index (χ1v) is 7.84. The number of rotatable bonds is 2. The van der Waals surface area contributed by atoms with Crippen LogP contribution in [0.3, 0.4) is 0 Å². The second kappa shape index (κ2) is 4.97. The number of halogens is 3. The van der Waals surface area contributed by atoms with E-state index in [1.807, 2.05) is 6.08 Å². The van der Waals surface area contributed by atoms with Crippen molar-refractivity contribution in [1.29, 1.82) is 0 Å². The van der Waals surface area contributed by atoms with Gasteiger partial charge in [-0.2, -0.15) is 0 Å². The van der Waals surface area contributed by atoms with E-state index in [-0.39, 0.29) is 5.56 Å². The lowest BCUT2D eigenvalue weighted by Gasteiger charge is -2.14. The molecule has 98 valence electrons. The second-order valence-electron chi connectivity index (χ2n) is 4.15. The molecule has 2 nitrogen and oxygen atoms in total. The lowest BCUT2D eigenvalue weighted by molar-refractivity contribution is 0.483. The second-order valence-corrected chi connectivity index (χ2v) is 6.69. The Hall–Kier alpha value is -0.940. The molecule has 0 saturated carbocycles. The van der Waals surface area contributed by atoms with Crippen LogP contribution >= 0.6 is 10.7 Å². The van der Waals surface area contributed by atoms with Gasteiger partial charge in [0.15, 0.2) is 11.6 Å². The zero-order chi connectivity index (χ0) is 13.3. The Morgan fingerprint density at radius 1 is 1.11 bits per heavy atom. The fourth-order valence-electron chi connectivity index (χ4n) is 2.05. The van der Waals surface area contributed by atoms with Gasteiger partial charge in [0.25, 0.3) is 9.05 Å². The maximum Gasteiger partial charge on any atom is 0.264 e. The van der Waals surface area contributed by atoms with Gasteiger partial charge >= 0.3 is 0 Å². The van der Waals surface area contributed by atoms with E-state index in [9.17, 15) is 17.2 Å². The topological polar surface area (TPSA) is 34.1 Å². The average molecular weight is 293 g/mol.